The molecular formula is C16H23N3O4S. The van der Waals surface area contributed by atoms with Crippen LogP contribution in [0.4, 0.5) is 11.4 Å². The van der Waals surface area contributed by atoms with Crippen molar-refractivity contribution in [1.82, 2.24) is 4.31 Å². The van der Waals surface area contributed by atoms with Crippen molar-refractivity contribution in [2.75, 3.05) is 31.1 Å². The Morgan fingerprint density at radius 1 is 1.17 bits per heavy atom. The maximum absolute atomic E-state index is 12.6. The lowest BCUT2D eigenvalue weighted by Crippen LogP contribution is -2.34. The van der Waals surface area contributed by atoms with E-state index in [1.807, 2.05) is 4.90 Å². The van der Waals surface area contributed by atoms with Gasteiger partial charge in [0.15, 0.2) is 0 Å². The topological polar surface area (TPSA) is 83.8 Å². The average molecular weight is 353 g/mol. The second-order valence-corrected chi connectivity index (χ2v) is 8.65. The van der Waals surface area contributed by atoms with E-state index in [4.69, 9.17) is 0 Å². The first-order valence-electron chi connectivity index (χ1n) is 8.43. The van der Waals surface area contributed by atoms with Crippen LogP contribution < -0.4 is 4.90 Å². The second kappa shape index (κ2) is 6.68. The van der Waals surface area contributed by atoms with E-state index in [0.29, 0.717) is 24.7 Å². The van der Waals surface area contributed by atoms with Crippen molar-refractivity contribution in [3.63, 3.8) is 0 Å². The van der Waals surface area contributed by atoms with Gasteiger partial charge in [0.05, 0.1) is 9.82 Å². The van der Waals surface area contributed by atoms with E-state index in [-0.39, 0.29) is 10.6 Å². The van der Waals surface area contributed by atoms with Gasteiger partial charge in [0, 0.05) is 32.2 Å². The fourth-order valence-electron chi connectivity index (χ4n) is 3.56. The van der Waals surface area contributed by atoms with Gasteiger partial charge < -0.3 is 4.90 Å². The van der Waals surface area contributed by atoms with Crippen LogP contribution in [-0.4, -0.2) is 43.8 Å². The normalized spacial score (nSPS) is 22.7. The number of nitro benzene ring substituents is 1. The highest BCUT2D eigenvalue weighted by atomic mass is 32.2. The van der Waals surface area contributed by atoms with Crippen LogP contribution in [0.1, 0.15) is 32.6 Å². The molecule has 0 unspecified atom stereocenters. The lowest BCUT2D eigenvalue weighted by atomic mass is 9.99. The molecule has 1 atom stereocenters. The first-order valence-corrected chi connectivity index (χ1v) is 9.87. The molecular weight excluding hydrogens is 330 g/mol. The van der Waals surface area contributed by atoms with E-state index >= 15 is 0 Å². The van der Waals surface area contributed by atoms with Crippen LogP contribution in [0.15, 0.2) is 23.1 Å². The van der Waals surface area contributed by atoms with E-state index in [1.165, 1.54) is 16.4 Å². The molecule has 0 bridgehead atoms. The molecule has 0 aliphatic carbocycles. The molecule has 2 saturated heterocycles. The maximum atomic E-state index is 12.6. The van der Waals surface area contributed by atoms with Gasteiger partial charge in [-0.25, -0.2) is 8.42 Å². The van der Waals surface area contributed by atoms with E-state index in [0.717, 1.165) is 38.8 Å². The van der Waals surface area contributed by atoms with Gasteiger partial charge in [0.2, 0.25) is 10.0 Å². The van der Waals surface area contributed by atoms with Gasteiger partial charge >= 0.3 is 0 Å². The Bertz CT molecular complexity index is 729. The number of nitrogens with zero attached hydrogens (tertiary/aromatic N) is 3. The third-order valence-corrected chi connectivity index (χ3v) is 6.74. The van der Waals surface area contributed by atoms with E-state index in [2.05, 4.69) is 6.92 Å². The Kier molecular flexibility index (Phi) is 4.78. The summed E-state index contributed by atoms with van der Waals surface area (Å²) in [6.45, 7) is 4.63. The first kappa shape index (κ1) is 17.2. The lowest BCUT2D eigenvalue weighted by Gasteiger charge is -2.32. The Labute approximate surface area is 142 Å². The van der Waals surface area contributed by atoms with Crippen molar-refractivity contribution in [1.29, 1.82) is 0 Å². The molecule has 0 saturated carbocycles. The molecule has 0 aromatic heterocycles. The molecule has 0 amide bonds. The third kappa shape index (κ3) is 3.25. The second-order valence-electron chi connectivity index (χ2n) is 6.71. The molecule has 1 aromatic rings. The number of hydrogen-bond acceptors (Lipinski definition) is 5. The summed E-state index contributed by atoms with van der Waals surface area (Å²) in [6.07, 6.45) is 3.79. The minimum Gasteiger partial charge on any atom is -0.366 e. The summed E-state index contributed by atoms with van der Waals surface area (Å²) in [5, 5.41) is 11.5. The average Bonchev–Trinajstić information content (AvgIpc) is 3.09. The minimum absolute atomic E-state index is 0.0184. The van der Waals surface area contributed by atoms with Crippen molar-refractivity contribution >= 4 is 21.4 Å². The molecule has 3 rings (SSSR count). The predicted molar refractivity (Wildman–Crippen MR) is 91.7 cm³/mol. The van der Waals surface area contributed by atoms with Crippen molar-refractivity contribution < 1.29 is 13.3 Å². The van der Waals surface area contributed by atoms with E-state index in [1.54, 1.807) is 6.07 Å². The van der Waals surface area contributed by atoms with Crippen LogP contribution in [0.2, 0.25) is 0 Å². The zero-order valence-electron chi connectivity index (χ0n) is 13.8. The summed E-state index contributed by atoms with van der Waals surface area (Å²) in [6, 6.07) is 4.33. The number of nitro groups is 1. The van der Waals surface area contributed by atoms with Crippen molar-refractivity contribution in [3.05, 3.63) is 28.3 Å². The molecule has 2 aliphatic rings. The zero-order chi connectivity index (χ0) is 17.3. The third-order valence-electron chi connectivity index (χ3n) is 4.84. The van der Waals surface area contributed by atoms with Gasteiger partial charge in [0.1, 0.15) is 5.69 Å². The smallest absolute Gasteiger partial charge is 0.293 e. The fraction of sp³-hybridized carbons (Fsp3) is 0.625. The lowest BCUT2D eigenvalue weighted by molar-refractivity contribution is -0.384. The van der Waals surface area contributed by atoms with E-state index < -0.39 is 14.9 Å². The highest BCUT2D eigenvalue weighted by molar-refractivity contribution is 7.89. The Morgan fingerprint density at radius 3 is 2.50 bits per heavy atom. The highest BCUT2D eigenvalue weighted by Crippen LogP contribution is 2.34. The summed E-state index contributed by atoms with van der Waals surface area (Å²) in [4.78, 5) is 13.1. The van der Waals surface area contributed by atoms with Crippen LogP contribution in [0.5, 0.6) is 0 Å². The van der Waals surface area contributed by atoms with Gasteiger partial charge in [-0.1, -0.05) is 6.92 Å². The van der Waals surface area contributed by atoms with E-state index in [9.17, 15) is 18.5 Å². The monoisotopic (exact) mass is 353 g/mol. The number of sulfonamides is 1. The highest BCUT2D eigenvalue weighted by Gasteiger charge is 2.31. The van der Waals surface area contributed by atoms with Crippen LogP contribution in [0, 0.1) is 16.0 Å². The number of rotatable bonds is 4. The molecule has 132 valence electrons. The Balaban J connectivity index is 1.97. The molecule has 7 nitrogen and oxygen atoms in total. The van der Waals surface area contributed by atoms with Crippen LogP contribution in [-0.2, 0) is 10.0 Å². The first-order chi connectivity index (χ1) is 11.4. The molecule has 2 heterocycles. The Hall–Kier alpha value is -1.67. The predicted octanol–water partition coefficient (Wildman–Crippen LogP) is 2.62. The van der Waals surface area contributed by atoms with Crippen LogP contribution in [0.25, 0.3) is 0 Å². The van der Waals surface area contributed by atoms with Gasteiger partial charge in [-0.3, -0.25) is 10.1 Å². The number of anilines is 1. The Morgan fingerprint density at radius 2 is 1.88 bits per heavy atom. The van der Waals surface area contributed by atoms with Gasteiger partial charge in [-0.15, -0.1) is 0 Å². The fourth-order valence-corrected chi connectivity index (χ4v) is 5.10. The number of piperidine rings is 1. The van der Waals surface area contributed by atoms with Gasteiger partial charge in [-0.05, 0) is 43.7 Å². The zero-order valence-corrected chi connectivity index (χ0v) is 14.7. The molecule has 1 aromatic carbocycles. The maximum Gasteiger partial charge on any atom is 0.293 e. The molecule has 24 heavy (non-hydrogen) atoms. The van der Waals surface area contributed by atoms with Crippen molar-refractivity contribution in [3.8, 4) is 0 Å². The quantitative estimate of drug-likeness (QED) is 0.614. The number of hydrogen-bond donors (Lipinski definition) is 0. The van der Waals surface area contributed by atoms with Gasteiger partial charge in [-0.2, -0.15) is 4.31 Å². The standard InChI is InChI=1S/C16H23N3O4S/c1-13-5-4-8-17(12-13)15-7-6-14(11-16(15)19(20)21)24(22,23)18-9-2-3-10-18/h6-7,11,13H,2-5,8-10,12H2,1H3/t13-/m1/s1. The largest absolute Gasteiger partial charge is 0.366 e. The molecule has 0 radical (unpaired) electrons. The molecule has 2 aliphatic heterocycles. The summed E-state index contributed by atoms with van der Waals surface area (Å²) >= 11 is 0. The minimum atomic E-state index is -3.64. The van der Waals surface area contributed by atoms with Gasteiger partial charge in [0.25, 0.3) is 5.69 Å². The van der Waals surface area contributed by atoms with Crippen LogP contribution >= 0.6 is 0 Å². The summed E-state index contributed by atoms with van der Waals surface area (Å²) < 4.78 is 26.7. The SMILES string of the molecule is C[C@@H]1CCCN(c2ccc(S(=O)(=O)N3CCCC3)cc2[N+](=O)[O-])C1. The number of benzene rings is 1. The molecule has 0 N–H and O–H groups in total. The summed E-state index contributed by atoms with van der Waals surface area (Å²) in [5.41, 5.74) is 0.399. The molecule has 8 heteroatoms. The summed E-state index contributed by atoms with van der Waals surface area (Å²) in [7, 11) is -3.64. The van der Waals surface area contributed by atoms with Crippen molar-refractivity contribution in [2.24, 2.45) is 5.92 Å². The van der Waals surface area contributed by atoms with Crippen LogP contribution in [0.3, 0.4) is 0 Å². The van der Waals surface area contributed by atoms with Crippen molar-refractivity contribution in [2.45, 2.75) is 37.5 Å². The molecule has 0 spiro atoms. The summed E-state index contributed by atoms with van der Waals surface area (Å²) in [5.74, 6) is 0.478. The molecule has 2 fully saturated rings.